The van der Waals surface area contributed by atoms with E-state index in [0.29, 0.717) is 6.07 Å². The number of fused-ring (bicyclic) bond motifs is 1. The van der Waals surface area contributed by atoms with E-state index in [9.17, 15) is 27.5 Å². The number of pyridine rings is 1. The molecule has 0 bridgehead atoms. The SMILES string of the molecule is O=C(CCc1ccc(OC(F)(F)F)cc1F)[C@]1(F)CC[C@H](O)c2ncccc21. The van der Waals surface area contributed by atoms with E-state index in [2.05, 4.69) is 9.72 Å². The molecular formula is C19H16F5NO3. The second kappa shape index (κ2) is 7.46. The summed E-state index contributed by atoms with van der Waals surface area (Å²) in [4.78, 5) is 16.5. The van der Waals surface area contributed by atoms with Gasteiger partial charge in [-0.05, 0) is 37.0 Å². The van der Waals surface area contributed by atoms with Gasteiger partial charge in [-0.15, -0.1) is 13.2 Å². The summed E-state index contributed by atoms with van der Waals surface area (Å²) in [5.41, 5.74) is -2.29. The van der Waals surface area contributed by atoms with Crippen LogP contribution in [0.3, 0.4) is 0 Å². The van der Waals surface area contributed by atoms with Gasteiger partial charge < -0.3 is 9.84 Å². The summed E-state index contributed by atoms with van der Waals surface area (Å²) in [6.45, 7) is 0. The highest BCUT2D eigenvalue weighted by atomic mass is 19.4. The minimum absolute atomic E-state index is 0.00635. The van der Waals surface area contributed by atoms with Crippen molar-refractivity contribution in [1.29, 1.82) is 0 Å². The lowest BCUT2D eigenvalue weighted by Crippen LogP contribution is -2.37. The molecule has 150 valence electrons. The molecule has 0 amide bonds. The summed E-state index contributed by atoms with van der Waals surface area (Å²) in [6.07, 6.45) is -5.30. The molecule has 28 heavy (non-hydrogen) atoms. The number of Topliss-reactive ketones (excluding diaryl/α,β-unsaturated/α-hetero) is 1. The van der Waals surface area contributed by atoms with Crippen LogP contribution in [0.2, 0.25) is 0 Å². The fourth-order valence-corrected chi connectivity index (χ4v) is 3.29. The average Bonchev–Trinajstić information content (AvgIpc) is 2.63. The Kier molecular flexibility index (Phi) is 5.38. The van der Waals surface area contributed by atoms with E-state index >= 15 is 4.39 Å². The van der Waals surface area contributed by atoms with Gasteiger partial charge in [-0.3, -0.25) is 9.78 Å². The lowest BCUT2D eigenvalue weighted by molar-refractivity contribution is -0.274. The third-order valence-corrected chi connectivity index (χ3v) is 4.66. The van der Waals surface area contributed by atoms with Gasteiger partial charge in [-0.1, -0.05) is 12.1 Å². The summed E-state index contributed by atoms with van der Waals surface area (Å²) >= 11 is 0. The molecule has 0 spiro atoms. The number of benzene rings is 1. The number of aryl methyl sites for hydroxylation is 1. The minimum Gasteiger partial charge on any atom is -0.406 e. The van der Waals surface area contributed by atoms with Crippen LogP contribution in [0.15, 0.2) is 36.5 Å². The van der Waals surface area contributed by atoms with Crippen LogP contribution in [-0.4, -0.2) is 22.2 Å². The molecule has 1 aliphatic rings. The number of halogens is 5. The van der Waals surface area contributed by atoms with Gasteiger partial charge >= 0.3 is 6.36 Å². The molecule has 0 fully saturated rings. The van der Waals surface area contributed by atoms with Crippen molar-refractivity contribution in [2.45, 2.75) is 43.8 Å². The Morgan fingerprint density at radius 1 is 1.32 bits per heavy atom. The number of carbonyl (C=O) groups is 1. The van der Waals surface area contributed by atoms with Crippen molar-refractivity contribution in [2.24, 2.45) is 0 Å². The van der Waals surface area contributed by atoms with Crippen LogP contribution in [0.5, 0.6) is 5.75 Å². The first kappa shape index (κ1) is 20.2. The van der Waals surface area contributed by atoms with Crippen LogP contribution in [0.4, 0.5) is 22.0 Å². The fraction of sp³-hybridized carbons (Fsp3) is 0.368. The Morgan fingerprint density at radius 3 is 2.75 bits per heavy atom. The van der Waals surface area contributed by atoms with E-state index in [1.165, 1.54) is 18.3 Å². The van der Waals surface area contributed by atoms with Crippen LogP contribution >= 0.6 is 0 Å². The van der Waals surface area contributed by atoms with Crippen LogP contribution in [0, 0.1) is 5.82 Å². The zero-order valence-corrected chi connectivity index (χ0v) is 14.5. The predicted octanol–water partition coefficient (Wildman–Crippen LogP) is 4.31. The first-order valence-electron chi connectivity index (χ1n) is 8.50. The topological polar surface area (TPSA) is 59.4 Å². The van der Waals surface area contributed by atoms with Crippen molar-refractivity contribution in [2.75, 3.05) is 0 Å². The van der Waals surface area contributed by atoms with Crippen molar-refractivity contribution in [3.63, 3.8) is 0 Å². The molecule has 3 rings (SSSR count). The quantitative estimate of drug-likeness (QED) is 0.759. The molecule has 2 aromatic rings. The predicted molar refractivity (Wildman–Crippen MR) is 87.6 cm³/mol. The summed E-state index contributed by atoms with van der Waals surface area (Å²) in [7, 11) is 0. The van der Waals surface area contributed by atoms with Crippen LogP contribution in [-0.2, 0) is 16.9 Å². The molecule has 1 aromatic heterocycles. The highest BCUT2D eigenvalue weighted by Crippen LogP contribution is 2.43. The largest absolute Gasteiger partial charge is 0.573 e. The van der Waals surface area contributed by atoms with Crippen molar-refractivity contribution >= 4 is 5.78 Å². The number of ketones is 1. The molecule has 1 aromatic carbocycles. The van der Waals surface area contributed by atoms with E-state index in [1.54, 1.807) is 0 Å². The number of aromatic nitrogens is 1. The van der Waals surface area contributed by atoms with Crippen molar-refractivity contribution in [3.8, 4) is 5.75 Å². The van der Waals surface area contributed by atoms with E-state index in [1.807, 2.05) is 0 Å². The molecule has 0 saturated carbocycles. The minimum atomic E-state index is -4.95. The Hall–Kier alpha value is -2.55. The lowest BCUT2D eigenvalue weighted by atomic mass is 9.77. The molecule has 0 saturated heterocycles. The number of carbonyl (C=O) groups excluding carboxylic acids is 1. The number of aliphatic hydroxyl groups excluding tert-OH is 1. The lowest BCUT2D eigenvalue weighted by Gasteiger charge is -2.32. The number of hydrogen-bond acceptors (Lipinski definition) is 4. The maximum absolute atomic E-state index is 15.4. The van der Waals surface area contributed by atoms with Crippen molar-refractivity contribution < 1.29 is 36.6 Å². The van der Waals surface area contributed by atoms with Gasteiger partial charge in [0.05, 0.1) is 11.8 Å². The summed E-state index contributed by atoms with van der Waals surface area (Å²) in [6, 6.07) is 5.39. The molecule has 0 aliphatic heterocycles. The normalized spacial score (nSPS) is 21.9. The van der Waals surface area contributed by atoms with E-state index in [-0.39, 0.29) is 42.5 Å². The second-order valence-corrected chi connectivity index (χ2v) is 6.52. The van der Waals surface area contributed by atoms with Gasteiger partial charge in [0.2, 0.25) is 0 Å². The maximum atomic E-state index is 15.4. The highest BCUT2D eigenvalue weighted by Gasteiger charge is 2.45. The molecule has 1 N–H and O–H groups in total. The Labute approximate surface area is 157 Å². The van der Waals surface area contributed by atoms with Gasteiger partial charge in [0.1, 0.15) is 11.6 Å². The van der Waals surface area contributed by atoms with Crippen molar-refractivity contribution in [3.05, 3.63) is 59.2 Å². The zero-order chi connectivity index (χ0) is 20.5. The number of hydrogen-bond donors (Lipinski definition) is 1. The van der Waals surface area contributed by atoms with E-state index < -0.39 is 35.5 Å². The number of ether oxygens (including phenoxy) is 1. The monoisotopic (exact) mass is 401 g/mol. The first-order chi connectivity index (χ1) is 13.1. The second-order valence-electron chi connectivity index (χ2n) is 6.52. The Morgan fingerprint density at radius 2 is 2.07 bits per heavy atom. The molecule has 2 atom stereocenters. The highest BCUT2D eigenvalue weighted by molar-refractivity contribution is 5.89. The number of aliphatic hydroxyl groups is 1. The van der Waals surface area contributed by atoms with Gasteiger partial charge in [-0.2, -0.15) is 0 Å². The molecule has 9 heteroatoms. The van der Waals surface area contributed by atoms with E-state index in [4.69, 9.17) is 0 Å². The van der Waals surface area contributed by atoms with Crippen LogP contribution < -0.4 is 4.74 Å². The molecule has 4 nitrogen and oxygen atoms in total. The van der Waals surface area contributed by atoms with Gasteiger partial charge in [0.25, 0.3) is 0 Å². The third kappa shape index (κ3) is 4.14. The smallest absolute Gasteiger partial charge is 0.406 e. The fourth-order valence-electron chi connectivity index (χ4n) is 3.29. The maximum Gasteiger partial charge on any atom is 0.573 e. The van der Waals surface area contributed by atoms with E-state index in [0.717, 1.165) is 12.1 Å². The van der Waals surface area contributed by atoms with Gasteiger partial charge in [0, 0.05) is 24.2 Å². The van der Waals surface area contributed by atoms with Gasteiger partial charge in [-0.25, -0.2) is 8.78 Å². The molecule has 0 radical (unpaired) electrons. The summed E-state index contributed by atoms with van der Waals surface area (Å²) < 4.78 is 69.6. The molecular weight excluding hydrogens is 385 g/mol. The third-order valence-electron chi connectivity index (χ3n) is 4.66. The standard InChI is InChI=1S/C19H16F5NO3/c20-14-10-12(28-19(22,23)24)5-3-11(14)4-6-16(27)18(21)8-7-15(26)17-13(18)2-1-9-25-17/h1-3,5,9-10,15,26H,4,6-8H2/t15-,18-/m0/s1. The first-order valence-corrected chi connectivity index (χ1v) is 8.50. The van der Waals surface area contributed by atoms with Crippen LogP contribution in [0.25, 0.3) is 0 Å². The average molecular weight is 401 g/mol. The number of rotatable bonds is 5. The number of nitrogens with zero attached hydrogens (tertiary/aromatic N) is 1. The summed E-state index contributed by atoms with van der Waals surface area (Å²) in [5.74, 6) is -2.50. The molecule has 0 unspecified atom stereocenters. The Balaban J connectivity index is 1.73. The zero-order valence-electron chi connectivity index (χ0n) is 14.5. The van der Waals surface area contributed by atoms with Crippen LogP contribution in [0.1, 0.15) is 42.2 Å². The van der Waals surface area contributed by atoms with Crippen molar-refractivity contribution in [1.82, 2.24) is 4.98 Å². The Bertz CT molecular complexity index is 886. The summed E-state index contributed by atoms with van der Waals surface area (Å²) in [5, 5.41) is 9.94. The molecule has 1 aliphatic carbocycles. The van der Waals surface area contributed by atoms with Gasteiger partial charge in [0.15, 0.2) is 11.5 Å². The number of alkyl halides is 4. The molecule has 1 heterocycles.